The molecule has 112 valence electrons. The van der Waals surface area contributed by atoms with Gasteiger partial charge in [-0.05, 0) is 52.3 Å². The highest BCUT2D eigenvalue weighted by Gasteiger charge is 2.19. The third-order valence-corrected chi connectivity index (χ3v) is 4.18. The SMILES string of the molecule is CN(CCCNC1CCCSC1)C(=O)OC(C)(C)C. The van der Waals surface area contributed by atoms with Gasteiger partial charge in [0.1, 0.15) is 5.60 Å². The molecule has 0 aromatic carbocycles. The van der Waals surface area contributed by atoms with Gasteiger partial charge in [0.25, 0.3) is 0 Å². The maximum absolute atomic E-state index is 11.7. The summed E-state index contributed by atoms with van der Waals surface area (Å²) in [6, 6.07) is 0.658. The second-order valence-corrected chi connectivity index (χ2v) is 7.27. The van der Waals surface area contributed by atoms with Crippen LogP contribution in [0.15, 0.2) is 0 Å². The van der Waals surface area contributed by atoms with Crippen LogP contribution in [-0.4, -0.2) is 54.3 Å². The van der Waals surface area contributed by atoms with E-state index < -0.39 is 5.60 Å². The molecule has 0 saturated carbocycles. The first-order valence-corrected chi connectivity index (χ1v) is 8.29. The Kier molecular flexibility index (Phi) is 7.00. The highest BCUT2D eigenvalue weighted by Crippen LogP contribution is 2.16. The van der Waals surface area contributed by atoms with Crippen molar-refractivity contribution in [1.29, 1.82) is 0 Å². The number of carbonyl (C=O) groups is 1. The van der Waals surface area contributed by atoms with Crippen LogP contribution in [0.1, 0.15) is 40.0 Å². The summed E-state index contributed by atoms with van der Waals surface area (Å²) in [5.74, 6) is 2.53. The van der Waals surface area contributed by atoms with E-state index in [0.717, 1.165) is 19.5 Å². The van der Waals surface area contributed by atoms with Gasteiger partial charge in [-0.15, -0.1) is 0 Å². The van der Waals surface area contributed by atoms with Gasteiger partial charge in [-0.2, -0.15) is 11.8 Å². The molecule has 1 aliphatic heterocycles. The zero-order valence-electron chi connectivity index (χ0n) is 12.7. The third-order valence-electron chi connectivity index (χ3n) is 2.97. The fraction of sp³-hybridized carbons (Fsp3) is 0.929. The van der Waals surface area contributed by atoms with Gasteiger partial charge in [0.2, 0.25) is 0 Å². The van der Waals surface area contributed by atoms with Crippen molar-refractivity contribution < 1.29 is 9.53 Å². The predicted molar refractivity (Wildman–Crippen MR) is 81.8 cm³/mol. The van der Waals surface area contributed by atoms with Crippen molar-refractivity contribution >= 4 is 17.9 Å². The lowest BCUT2D eigenvalue weighted by Crippen LogP contribution is -2.38. The number of amides is 1. The van der Waals surface area contributed by atoms with Gasteiger partial charge in [0.05, 0.1) is 0 Å². The van der Waals surface area contributed by atoms with Crippen molar-refractivity contribution in [2.45, 2.75) is 51.7 Å². The Morgan fingerprint density at radius 1 is 1.47 bits per heavy atom. The fourth-order valence-electron chi connectivity index (χ4n) is 1.96. The second-order valence-electron chi connectivity index (χ2n) is 6.12. The molecule has 0 bridgehead atoms. The molecule has 1 unspecified atom stereocenters. The van der Waals surface area contributed by atoms with Crippen LogP contribution in [0, 0.1) is 0 Å². The summed E-state index contributed by atoms with van der Waals surface area (Å²) in [5, 5.41) is 3.56. The largest absolute Gasteiger partial charge is 0.444 e. The van der Waals surface area contributed by atoms with E-state index in [1.54, 1.807) is 11.9 Å². The number of rotatable bonds is 5. The molecule has 1 amide bonds. The Morgan fingerprint density at radius 2 is 2.21 bits per heavy atom. The maximum atomic E-state index is 11.7. The molecule has 1 heterocycles. The Hall–Kier alpha value is -0.420. The van der Waals surface area contributed by atoms with E-state index in [1.165, 1.54) is 24.3 Å². The minimum Gasteiger partial charge on any atom is -0.444 e. The van der Waals surface area contributed by atoms with Gasteiger partial charge >= 0.3 is 6.09 Å². The Labute approximate surface area is 121 Å². The predicted octanol–water partition coefficient (Wildman–Crippen LogP) is 2.73. The molecule has 19 heavy (non-hydrogen) atoms. The highest BCUT2D eigenvalue weighted by molar-refractivity contribution is 7.99. The smallest absolute Gasteiger partial charge is 0.410 e. The van der Waals surface area contributed by atoms with E-state index >= 15 is 0 Å². The van der Waals surface area contributed by atoms with Gasteiger partial charge in [-0.1, -0.05) is 0 Å². The van der Waals surface area contributed by atoms with E-state index in [-0.39, 0.29) is 6.09 Å². The van der Waals surface area contributed by atoms with Gasteiger partial charge in [0, 0.05) is 25.4 Å². The van der Waals surface area contributed by atoms with Gasteiger partial charge in [0.15, 0.2) is 0 Å². The van der Waals surface area contributed by atoms with Crippen LogP contribution in [0.3, 0.4) is 0 Å². The van der Waals surface area contributed by atoms with E-state index in [2.05, 4.69) is 5.32 Å². The molecule has 0 aromatic heterocycles. The number of hydrogen-bond donors (Lipinski definition) is 1. The number of ether oxygens (including phenoxy) is 1. The normalized spacial score (nSPS) is 20.1. The van der Waals surface area contributed by atoms with Gasteiger partial charge < -0.3 is 15.0 Å². The van der Waals surface area contributed by atoms with Crippen molar-refractivity contribution in [2.24, 2.45) is 0 Å². The zero-order chi connectivity index (χ0) is 14.3. The molecule has 1 N–H and O–H groups in total. The Bertz CT molecular complexity index is 273. The summed E-state index contributed by atoms with van der Waals surface area (Å²) in [7, 11) is 1.80. The highest BCUT2D eigenvalue weighted by atomic mass is 32.2. The quantitative estimate of drug-likeness (QED) is 0.790. The molecule has 0 radical (unpaired) electrons. The van der Waals surface area contributed by atoms with Crippen LogP contribution in [-0.2, 0) is 4.74 Å². The number of nitrogens with one attached hydrogen (secondary N) is 1. The number of thioether (sulfide) groups is 1. The number of carbonyl (C=O) groups excluding carboxylic acids is 1. The van der Waals surface area contributed by atoms with Crippen LogP contribution in [0.5, 0.6) is 0 Å². The van der Waals surface area contributed by atoms with Crippen LogP contribution in [0.25, 0.3) is 0 Å². The van der Waals surface area contributed by atoms with E-state index in [9.17, 15) is 4.79 Å². The van der Waals surface area contributed by atoms with E-state index in [0.29, 0.717) is 6.04 Å². The molecule has 0 aliphatic carbocycles. The molecular weight excluding hydrogens is 260 g/mol. The average Bonchev–Trinajstić information content (AvgIpc) is 2.33. The Morgan fingerprint density at radius 3 is 2.79 bits per heavy atom. The van der Waals surface area contributed by atoms with Crippen LogP contribution in [0.4, 0.5) is 4.79 Å². The summed E-state index contributed by atoms with van der Waals surface area (Å²) >= 11 is 2.03. The van der Waals surface area contributed by atoms with Crippen molar-refractivity contribution in [1.82, 2.24) is 10.2 Å². The molecular formula is C14H28N2O2S. The van der Waals surface area contributed by atoms with Crippen molar-refractivity contribution in [3.63, 3.8) is 0 Å². The molecule has 1 atom stereocenters. The first-order valence-electron chi connectivity index (χ1n) is 7.14. The van der Waals surface area contributed by atoms with Crippen molar-refractivity contribution in [2.75, 3.05) is 31.6 Å². The molecule has 1 aliphatic rings. The molecule has 5 heteroatoms. The molecule has 1 saturated heterocycles. The molecule has 0 aromatic rings. The molecule has 0 spiro atoms. The topological polar surface area (TPSA) is 41.6 Å². The fourth-order valence-corrected chi connectivity index (χ4v) is 3.06. The van der Waals surface area contributed by atoms with Gasteiger partial charge in [-0.3, -0.25) is 0 Å². The minimum atomic E-state index is -0.414. The van der Waals surface area contributed by atoms with Crippen LogP contribution in [0.2, 0.25) is 0 Å². The van der Waals surface area contributed by atoms with Crippen LogP contribution >= 0.6 is 11.8 Å². The lowest BCUT2D eigenvalue weighted by molar-refractivity contribution is 0.0297. The first kappa shape index (κ1) is 16.6. The Balaban J connectivity index is 2.09. The minimum absolute atomic E-state index is 0.235. The van der Waals surface area contributed by atoms with E-state index in [4.69, 9.17) is 4.74 Å². The first-order chi connectivity index (χ1) is 8.88. The average molecular weight is 288 g/mol. The van der Waals surface area contributed by atoms with Gasteiger partial charge in [-0.25, -0.2) is 4.79 Å². The summed E-state index contributed by atoms with van der Waals surface area (Å²) in [4.78, 5) is 13.4. The second kappa shape index (κ2) is 8.00. The molecule has 1 rings (SSSR count). The molecule has 4 nitrogen and oxygen atoms in total. The monoisotopic (exact) mass is 288 g/mol. The lowest BCUT2D eigenvalue weighted by Gasteiger charge is -2.25. The maximum Gasteiger partial charge on any atom is 0.410 e. The molecule has 1 fully saturated rings. The standard InChI is InChI=1S/C14H28N2O2S/c1-14(2,3)18-13(17)16(4)9-6-8-15-12-7-5-10-19-11-12/h12,15H,5-11H2,1-4H3. The lowest BCUT2D eigenvalue weighted by atomic mass is 10.2. The zero-order valence-corrected chi connectivity index (χ0v) is 13.5. The third kappa shape index (κ3) is 7.67. The van der Waals surface area contributed by atoms with Crippen LogP contribution < -0.4 is 5.32 Å². The summed E-state index contributed by atoms with van der Waals surface area (Å²) in [5.41, 5.74) is -0.414. The summed E-state index contributed by atoms with van der Waals surface area (Å²) < 4.78 is 5.31. The van der Waals surface area contributed by atoms with E-state index in [1.807, 2.05) is 32.5 Å². The number of nitrogens with zero attached hydrogens (tertiary/aromatic N) is 1. The summed E-state index contributed by atoms with van der Waals surface area (Å²) in [6.07, 6.45) is 3.34. The van der Waals surface area contributed by atoms with Crippen molar-refractivity contribution in [3.05, 3.63) is 0 Å². The summed E-state index contributed by atoms with van der Waals surface area (Å²) in [6.45, 7) is 7.38. The van der Waals surface area contributed by atoms with Crippen molar-refractivity contribution in [3.8, 4) is 0 Å². The number of hydrogen-bond acceptors (Lipinski definition) is 4.